The molecular formula is C25H27N3O. The maximum absolute atomic E-state index is 12.7. The van der Waals surface area contributed by atoms with E-state index in [1.54, 1.807) is 12.3 Å². The molecule has 3 aromatic rings. The Morgan fingerprint density at radius 3 is 2.45 bits per heavy atom. The van der Waals surface area contributed by atoms with Crippen LogP contribution in [-0.2, 0) is 6.42 Å². The van der Waals surface area contributed by atoms with E-state index in [9.17, 15) is 4.79 Å². The van der Waals surface area contributed by atoms with Crippen LogP contribution in [0, 0.1) is 10.8 Å². The van der Waals surface area contributed by atoms with Crippen LogP contribution < -0.4 is 5.32 Å². The average molecular weight is 386 g/mol. The fourth-order valence-electron chi connectivity index (χ4n) is 2.94. The number of anilines is 1. The predicted molar refractivity (Wildman–Crippen MR) is 121 cm³/mol. The van der Waals surface area contributed by atoms with Gasteiger partial charge in [0.1, 0.15) is 0 Å². The van der Waals surface area contributed by atoms with Gasteiger partial charge in [0.05, 0.1) is 11.1 Å². The number of aromatic nitrogens is 1. The zero-order valence-electron chi connectivity index (χ0n) is 17.4. The van der Waals surface area contributed by atoms with Crippen molar-refractivity contribution in [3.8, 4) is 0 Å². The topological polar surface area (TPSA) is 65.8 Å². The van der Waals surface area contributed by atoms with Crippen LogP contribution in [0.1, 0.15) is 43.6 Å². The summed E-state index contributed by atoms with van der Waals surface area (Å²) in [4.78, 5) is 17.1. The van der Waals surface area contributed by atoms with Gasteiger partial charge in [-0.2, -0.15) is 0 Å². The molecule has 0 aliphatic carbocycles. The third-order valence-corrected chi connectivity index (χ3v) is 5.06. The Bertz CT molecular complexity index is 1070. The molecule has 0 aliphatic rings. The van der Waals surface area contributed by atoms with Gasteiger partial charge in [-0.15, -0.1) is 0 Å². The highest BCUT2D eigenvalue weighted by atomic mass is 16.1. The van der Waals surface area contributed by atoms with E-state index >= 15 is 0 Å². The second-order valence-electron chi connectivity index (χ2n) is 8.31. The third-order valence-electron chi connectivity index (χ3n) is 5.06. The maximum atomic E-state index is 12.7. The molecule has 3 rings (SSSR count). The van der Waals surface area contributed by atoms with E-state index in [1.807, 2.05) is 54.6 Å². The van der Waals surface area contributed by atoms with Crippen molar-refractivity contribution in [2.45, 2.75) is 34.1 Å². The number of pyridine rings is 1. The first-order chi connectivity index (χ1) is 13.7. The van der Waals surface area contributed by atoms with Crippen molar-refractivity contribution < 1.29 is 4.79 Å². The zero-order valence-corrected chi connectivity index (χ0v) is 17.4. The van der Waals surface area contributed by atoms with Crippen molar-refractivity contribution >= 4 is 28.2 Å². The van der Waals surface area contributed by atoms with Gasteiger partial charge in [0, 0.05) is 29.4 Å². The molecule has 0 fully saturated rings. The first-order valence-corrected chi connectivity index (χ1v) is 9.74. The summed E-state index contributed by atoms with van der Waals surface area (Å²) in [5.74, 6) is -0.182. The maximum Gasteiger partial charge on any atom is 0.257 e. The molecule has 0 saturated heterocycles. The van der Waals surface area contributed by atoms with Gasteiger partial charge in [-0.05, 0) is 48.2 Å². The summed E-state index contributed by atoms with van der Waals surface area (Å²) in [6.07, 6.45) is 4.21. The molecular weight excluding hydrogens is 358 g/mol. The van der Waals surface area contributed by atoms with Gasteiger partial charge in [0.25, 0.3) is 5.91 Å². The predicted octanol–water partition coefficient (Wildman–Crippen LogP) is 6.04. The number of allylic oxidation sites excluding steroid dienone is 2. The van der Waals surface area contributed by atoms with E-state index in [0.717, 1.165) is 16.6 Å². The first kappa shape index (κ1) is 20.5. The molecule has 1 amide bonds. The minimum atomic E-state index is -0.182. The largest absolute Gasteiger partial charge is 0.322 e. The van der Waals surface area contributed by atoms with Crippen LogP contribution in [0.25, 0.3) is 10.9 Å². The fourth-order valence-corrected chi connectivity index (χ4v) is 2.94. The smallest absolute Gasteiger partial charge is 0.257 e. The monoisotopic (exact) mass is 385 g/mol. The van der Waals surface area contributed by atoms with Crippen LogP contribution in [0.2, 0.25) is 0 Å². The number of para-hydroxylation sites is 1. The van der Waals surface area contributed by atoms with Crippen molar-refractivity contribution in [3.05, 3.63) is 83.6 Å². The number of nitrogens with one attached hydrogen (secondary N) is 2. The summed E-state index contributed by atoms with van der Waals surface area (Å²) in [7, 11) is 0. The number of nitrogens with zero attached hydrogens (tertiary/aromatic N) is 1. The average Bonchev–Trinajstić information content (AvgIpc) is 2.68. The summed E-state index contributed by atoms with van der Waals surface area (Å²) < 4.78 is 0. The van der Waals surface area contributed by atoms with Crippen LogP contribution in [0.5, 0.6) is 0 Å². The van der Waals surface area contributed by atoms with Gasteiger partial charge >= 0.3 is 0 Å². The number of carbonyl (C=O) groups is 1. The Balaban J connectivity index is 1.69. The van der Waals surface area contributed by atoms with Crippen LogP contribution in [0.3, 0.4) is 0 Å². The zero-order chi connectivity index (χ0) is 21.0. The lowest BCUT2D eigenvalue weighted by molar-refractivity contribution is 0.102. The SMILES string of the molecule is C/C(=C\C(=N)Cc1ccc(NC(=O)c2cccc3cccnc23)cc1)C(C)(C)C. The lowest BCUT2D eigenvalue weighted by atomic mass is 9.86. The number of amides is 1. The minimum absolute atomic E-state index is 0.0664. The molecule has 0 saturated carbocycles. The van der Waals surface area contributed by atoms with Crippen LogP contribution in [0.15, 0.2) is 72.4 Å². The van der Waals surface area contributed by atoms with Crippen molar-refractivity contribution in [1.82, 2.24) is 4.98 Å². The molecule has 4 heteroatoms. The van der Waals surface area contributed by atoms with Crippen LogP contribution in [0.4, 0.5) is 5.69 Å². The Kier molecular flexibility index (Phi) is 5.92. The van der Waals surface area contributed by atoms with Crippen LogP contribution in [-0.4, -0.2) is 16.6 Å². The molecule has 1 aromatic heterocycles. The van der Waals surface area contributed by atoms with Crippen molar-refractivity contribution in [2.24, 2.45) is 5.41 Å². The van der Waals surface area contributed by atoms with Gasteiger partial charge < -0.3 is 10.7 Å². The summed E-state index contributed by atoms with van der Waals surface area (Å²) in [5, 5.41) is 12.1. The molecule has 2 N–H and O–H groups in total. The summed E-state index contributed by atoms with van der Waals surface area (Å²) in [5.41, 5.74) is 4.84. The van der Waals surface area contributed by atoms with E-state index in [0.29, 0.717) is 23.2 Å². The molecule has 4 nitrogen and oxygen atoms in total. The summed E-state index contributed by atoms with van der Waals surface area (Å²) >= 11 is 0. The van der Waals surface area contributed by atoms with Gasteiger partial charge in [-0.1, -0.05) is 56.7 Å². The quantitative estimate of drug-likeness (QED) is 0.526. The summed E-state index contributed by atoms with van der Waals surface area (Å²) in [6, 6.07) is 17.0. The van der Waals surface area contributed by atoms with E-state index < -0.39 is 0 Å². The molecule has 0 spiro atoms. The number of rotatable bonds is 5. The molecule has 0 aliphatic heterocycles. The lowest BCUT2D eigenvalue weighted by Gasteiger charge is -2.19. The molecule has 0 unspecified atom stereocenters. The molecule has 2 aromatic carbocycles. The number of carbonyl (C=O) groups excluding carboxylic acids is 1. The second-order valence-corrected chi connectivity index (χ2v) is 8.31. The fraction of sp³-hybridized carbons (Fsp3) is 0.240. The number of hydrogen-bond donors (Lipinski definition) is 2. The van der Waals surface area contributed by atoms with Gasteiger partial charge in [0.2, 0.25) is 0 Å². The van der Waals surface area contributed by atoms with E-state index in [4.69, 9.17) is 5.41 Å². The number of hydrogen-bond acceptors (Lipinski definition) is 3. The van der Waals surface area contributed by atoms with Gasteiger partial charge in [-0.25, -0.2) is 0 Å². The number of benzene rings is 2. The van der Waals surface area contributed by atoms with Gasteiger partial charge in [0.15, 0.2) is 0 Å². The van der Waals surface area contributed by atoms with Crippen LogP contribution >= 0.6 is 0 Å². The molecule has 0 atom stereocenters. The molecule has 0 bridgehead atoms. The Labute approximate surface area is 172 Å². The molecule has 0 radical (unpaired) electrons. The minimum Gasteiger partial charge on any atom is -0.322 e. The van der Waals surface area contributed by atoms with Crippen molar-refractivity contribution in [1.29, 1.82) is 5.41 Å². The Morgan fingerprint density at radius 2 is 1.76 bits per heavy atom. The highest BCUT2D eigenvalue weighted by Crippen LogP contribution is 2.24. The highest BCUT2D eigenvalue weighted by molar-refractivity contribution is 6.11. The Hall–Kier alpha value is -3.27. The molecule has 1 heterocycles. The summed E-state index contributed by atoms with van der Waals surface area (Å²) in [6.45, 7) is 8.51. The van der Waals surface area contributed by atoms with Crippen molar-refractivity contribution in [2.75, 3.05) is 5.32 Å². The second kappa shape index (κ2) is 8.39. The molecule has 29 heavy (non-hydrogen) atoms. The van der Waals surface area contributed by atoms with E-state index in [1.165, 1.54) is 5.57 Å². The molecule has 148 valence electrons. The van der Waals surface area contributed by atoms with Crippen molar-refractivity contribution in [3.63, 3.8) is 0 Å². The van der Waals surface area contributed by atoms with E-state index in [-0.39, 0.29) is 11.3 Å². The van der Waals surface area contributed by atoms with E-state index in [2.05, 4.69) is 38.0 Å². The highest BCUT2D eigenvalue weighted by Gasteiger charge is 2.13. The normalized spacial score (nSPS) is 12.1. The lowest BCUT2D eigenvalue weighted by Crippen LogP contribution is -2.13. The first-order valence-electron chi connectivity index (χ1n) is 9.74. The van der Waals surface area contributed by atoms with Gasteiger partial charge in [-0.3, -0.25) is 9.78 Å². The third kappa shape index (κ3) is 5.17. The Morgan fingerprint density at radius 1 is 1.07 bits per heavy atom. The number of fused-ring (bicyclic) bond motifs is 1. The standard InChI is InChI=1S/C25H27N3O/c1-17(25(2,3)4)15-20(26)16-18-10-12-21(13-11-18)28-24(29)22-9-5-7-19-8-6-14-27-23(19)22/h5-15,26H,16H2,1-4H3,(H,28,29)/b17-15+,26-20?.